The molecule has 0 bridgehead atoms. The molecular weight excluding hydrogens is 336 g/mol. The molecule has 1 fully saturated rings. The second-order valence-corrected chi connectivity index (χ2v) is 9.60. The lowest BCUT2D eigenvalue weighted by molar-refractivity contribution is 0.559. The fraction of sp³-hybridized carbons (Fsp3) is 0.500. The third-order valence-electron chi connectivity index (χ3n) is 3.19. The van der Waals surface area contributed by atoms with Gasteiger partial charge in [0.2, 0.25) is 10.0 Å². The molecule has 1 saturated heterocycles. The molecule has 0 amide bonds. The van der Waals surface area contributed by atoms with Crippen LogP contribution in [-0.2, 0) is 19.9 Å². The van der Waals surface area contributed by atoms with Crippen molar-refractivity contribution in [2.75, 3.05) is 27.8 Å². The van der Waals surface area contributed by atoms with Crippen LogP contribution < -0.4 is 10.0 Å². The van der Waals surface area contributed by atoms with Crippen LogP contribution in [0.25, 0.3) is 0 Å². The highest BCUT2D eigenvalue weighted by Gasteiger charge is 2.23. The monoisotopic (exact) mass is 352 g/mol. The van der Waals surface area contributed by atoms with Gasteiger partial charge in [-0.1, -0.05) is 11.6 Å². The molecule has 1 heterocycles. The van der Waals surface area contributed by atoms with Gasteiger partial charge in [-0.05, 0) is 31.0 Å². The number of hydrogen-bond donors (Lipinski definition) is 2. The van der Waals surface area contributed by atoms with Gasteiger partial charge in [-0.3, -0.25) is 4.72 Å². The third-order valence-corrected chi connectivity index (χ3v) is 5.81. The molecule has 1 aliphatic heterocycles. The summed E-state index contributed by atoms with van der Waals surface area (Å²) in [7, 11) is -6.26. The summed E-state index contributed by atoms with van der Waals surface area (Å²) in [6, 6.07) is 4.99. The average Bonchev–Trinajstić information content (AvgIpc) is 2.34. The van der Waals surface area contributed by atoms with Gasteiger partial charge in [0.25, 0.3) is 0 Å². The Labute approximate surface area is 129 Å². The Balaban J connectivity index is 2.04. The lowest BCUT2D eigenvalue weighted by Crippen LogP contribution is -2.32. The molecular formula is C12H17ClN2O4S2. The molecule has 0 spiro atoms. The van der Waals surface area contributed by atoms with Crippen molar-refractivity contribution < 1.29 is 16.8 Å². The first-order valence-electron chi connectivity index (χ1n) is 6.39. The Hall–Kier alpha value is -0.990. The summed E-state index contributed by atoms with van der Waals surface area (Å²) in [5, 5.41) is 3.51. The molecule has 21 heavy (non-hydrogen) atoms. The molecule has 0 aliphatic carbocycles. The highest BCUT2D eigenvalue weighted by atomic mass is 35.5. The first-order valence-corrected chi connectivity index (χ1v) is 10.5. The molecule has 0 radical (unpaired) electrons. The van der Waals surface area contributed by atoms with Gasteiger partial charge in [-0.2, -0.15) is 0 Å². The molecule has 1 aromatic rings. The molecule has 2 N–H and O–H groups in total. The molecule has 2 rings (SSSR count). The number of anilines is 2. The summed E-state index contributed by atoms with van der Waals surface area (Å²) in [6.45, 7) is 0. The van der Waals surface area contributed by atoms with Crippen LogP contribution in [0.5, 0.6) is 0 Å². The van der Waals surface area contributed by atoms with Gasteiger partial charge < -0.3 is 5.32 Å². The van der Waals surface area contributed by atoms with Gasteiger partial charge in [-0.15, -0.1) is 0 Å². The van der Waals surface area contributed by atoms with Gasteiger partial charge in [-0.25, -0.2) is 16.8 Å². The van der Waals surface area contributed by atoms with Gasteiger partial charge in [0, 0.05) is 11.7 Å². The Kier molecular flexibility index (Phi) is 4.69. The third kappa shape index (κ3) is 5.05. The summed E-state index contributed by atoms with van der Waals surface area (Å²) in [5.41, 5.74) is 1.05. The predicted octanol–water partition coefficient (Wildman–Crippen LogP) is 1.70. The van der Waals surface area contributed by atoms with E-state index in [1.807, 2.05) is 0 Å². The maximum atomic E-state index is 11.4. The number of rotatable bonds is 4. The van der Waals surface area contributed by atoms with Crippen LogP contribution in [0.1, 0.15) is 12.8 Å². The van der Waals surface area contributed by atoms with Crippen LogP contribution >= 0.6 is 11.6 Å². The van der Waals surface area contributed by atoms with Crippen molar-refractivity contribution in [2.45, 2.75) is 18.9 Å². The minimum absolute atomic E-state index is 0.0818. The van der Waals surface area contributed by atoms with Crippen LogP contribution in [0.3, 0.4) is 0 Å². The van der Waals surface area contributed by atoms with Crippen LogP contribution in [0.15, 0.2) is 18.2 Å². The second-order valence-electron chi connectivity index (χ2n) is 5.14. The summed E-state index contributed by atoms with van der Waals surface area (Å²) in [6.07, 6.45) is 2.17. The molecule has 0 atom stereocenters. The molecule has 0 unspecified atom stereocenters. The number of sulfonamides is 1. The molecule has 9 heteroatoms. The van der Waals surface area contributed by atoms with Crippen molar-refractivity contribution in [3.63, 3.8) is 0 Å². The largest absolute Gasteiger partial charge is 0.382 e. The number of sulfone groups is 1. The van der Waals surface area contributed by atoms with Crippen molar-refractivity contribution in [2.24, 2.45) is 0 Å². The fourth-order valence-corrected chi connectivity index (χ4v) is 4.51. The van der Waals surface area contributed by atoms with E-state index in [9.17, 15) is 16.8 Å². The van der Waals surface area contributed by atoms with E-state index in [0.29, 0.717) is 18.5 Å². The van der Waals surface area contributed by atoms with Crippen molar-refractivity contribution in [3.8, 4) is 0 Å². The summed E-state index contributed by atoms with van der Waals surface area (Å²) < 4.78 is 47.4. The van der Waals surface area contributed by atoms with Crippen molar-refractivity contribution >= 4 is 42.8 Å². The maximum absolute atomic E-state index is 11.4. The van der Waals surface area contributed by atoms with E-state index in [1.54, 1.807) is 18.2 Å². The van der Waals surface area contributed by atoms with Crippen molar-refractivity contribution in [1.29, 1.82) is 0 Å². The van der Waals surface area contributed by atoms with E-state index in [2.05, 4.69) is 10.0 Å². The highest BCUT2D eigenvalue weighted by molar-refractivity contribution is 7.92. The Morgan fingerprint density at radius 1 is 1.24 bits per heavy atom. The van der Waals surface area contributed by atoms with Gasteiger partial charge in [0.1, 0.15) is 9.84 Å². The van der Waals surface area contributed by atoms with E-state index in [0.717, 1.165) is 11.9 Å². The number of halogens is 1. The molecule has 0 saturated carbocycles. The van der Waals surface area contributed by atoms with Gasteiger partial charge in [0.05, 0.1) is 28.5 Å². The SMILES string of the molecule is CS(=O)(=O)Nc1ccc(NC2CCS(=O)(=O)CC2)cc1Cl. The Bertz CT molecular complexity index is 718. The molecule has 118 valence electrons. The zero-order chi connectivity index (χ0) is 15.7. The van der Waals surface area contributed by atoms with E-state index in [4.69, 9.17) is 11.6 Å². The van der Waals surface area contributed by atoms with Crippen LogP contribution in [0.4, 0.5) is 11.4 Å². The lowest BCUT2D eigenvalue weighted by Gasteiger charge is -2.24. The smallest absolute Gasteiger partial charge is 0.229 e. The van der Waals surface area contributed by atoms with Crippen molar-refractivity contribution in [1.82, 2.24) is 0 Å². The number of benzene rings is 1. The van der Waals surface area contributed by atoms with Crippen LogP contribution in [0, 0.1) is 0 Å². The zero-order valence-corrected chi connectivity index (χ0v) is 13.9. The van der Waals surface area contributed by atoms with E-state index in [-0.39, 0.29) is 22.6 Å². The van der Waals surface area contributed by atoms with Gasteiger partial charge >= 0.3 is 0 Å². The minimum atomic E-state index is -3.37. The maximum Gasteiger partial charge on any atom is 0.229 e. The van der Waals surface area contributed by atoms with Gasteiger partial charge in [0.15, 0.2) is 0 Å². The fourth-order valence-electron chi connectivity index (χ4n) is 2.16. The Morgan fingerprint density at radius 2 is 1.86 bits per heavy atom. The quantitative estimate of drug-likeness (QED) is 0.860. The number of hydrogen-bond acceptors (Lipinski definition) is 5. The van der Waals surface area contributed by atoms with Crippen LogP contribution in [-0.4, -0.2) is 40.6 Å². The van der Waals surface area contributed by atoms with E-state index >= 15 is 0 Å². The molecule has 1 aliphatic rings. The van der Waals surface area contributed by atoms with Crippen molar-refractivity contribution in [3.05, 3.63) is 23.2 Å². The molecule has 1 aromatic carbocycles. The average molecular weight is 353 g/mol. The van der Waals surface area contributed by atoms with Crippen LogP contribution in [0.2, 0.25) is 5.02 Å². The summed E-state index contributed by atoms with van der Waals surface area (Å²) >= 11 is 6.04. The molecule has 6 nitrogen and oxygen atoms in total. The second kappa shape index (κ2) is 6.02. The van der Waals surface area contributed by atoms with E-state index in [1.165, 1.54) is 0 Å². The number of nitrogens with one attached hydrogen (secondary N) is 2. The molecule has 0 aromatic heterocycles. The first-order chi connectivity index (χ1) is 9.65. The normalized spacial score (nSPS) is 19.1. The first kappa shape index (κ1) is 16.4. The minimum Gasteiger partial charge on any atom is -0.382 e. The predicted molar refractivity (Wildman–Crippen MR) is 85.2 cm³/mol. The van der Waals surface area contributed by atoms with E-state index < -0.39 is 19.9 Å². The zero-order valence-electron chi connectivity index (χ0n) is 11.5. The topological polar surface area (TPSA) is 92.3 Å². The standard InChI is InChI=1S/C12H17ClN2O4S2/c1-20(16,17)15-12-3-2-10(8-11(12)13)14-9-4-6-21(18,19)7-5-9/h2-3,8-9,14-15H,4-7H2,1H3. The summed E-state index contributed by atoms with van der Waals surface area (Å²) in [5.74, 6) is 0.373. The summed E-state index contributed by atoms with van der Waals surface area (Å²) in [4.78, 5) is 0. The Morgan fingerprint density at radius 3 is 2.38 bits per heavy atom. The highest BCUT2D eigenvalue weighted by Crippen LogP contribution is 2.27. The lowest BCUT2D eigenvalue weighted by atomic mass is 10.1.